The molecule has 0 heterocycles. The second-order valence-corrected chi connectivity index (χ2v) is 7.28. The molecule has 0 aromatic carbocycles. The Hall–Kier alpha value is -0.160. The Balaban J connectivity index is 4.40. The first-order valence-electron chi connectivity index (χ1n) is 5.15. The SMILES string of the molecule is COC(=O)[C@H](CCSC)NP(O)(=S)OCCC#N. The molecule has 6 nitrogen and oxygen atoms in total. The van der Waals surface area contributed by atoms with Gasteiger partial charge in [0, 0.05) is 0 Å². The van der Waals surface area contributed by atoms with Gasteiger partial charge in [-0.05, 0) is 30.2 Å². The molecule has 0 fully saturated rings. The monoisotopic (exact) mass is 312 g/mol. The van der Waals surface area contributed by atoms with E-state index in [0.29, 0.717) is 6.42 Å². The molecule has 0 saturated heterocycles. The fourth-order valence-electron chi connectivity index (χ4n) is 1.06. The molecule has 0 aromatic heterocycles. The van der Waals surface area contributed by atoms with Gasteiger partial charge in [-0.1, -0.05) is 0 Å². The van der Waals surface area contributed by atoms with Crippen LogP contribution in [0.2, 0.25) is 0 Å². The lowest BCUT2D eigenvalue weighted by Gasteiger charge is -2.22. The molecule has 0 saturated carbocycles. The second kappa shape index (κ2) is 9.73. The summed E-state index contributed by atoms with van der Waals surface area (Å²) in [5.74, 6) is 0.233. The summed E-state index contributed by atoms with van der Waals surface area (Å²) in [4.78, 5) is 21.3. The number of hydrogen-bond acceptors (Lipinski definition) is 6. The molecule has 0 rings (SSSR count). The van der Waals surface area contributed by atoms with E-state index in [1.165, 1.54) is 7.11 Å². The summed E-state index contributed by atoms with van der Waals surface area (Å²) in [6.07, 6.45) is 2.52. The van der Waals surface area contributed by atoms with Crippen LogP contribution < -0.4 is 5.09 Å². The van der Waals surface area contributed by atoms with Crippen LogP contribution in [-0.4, -0.2) is 42.6 Å². The third kappa shape index (κ3) is 8.03. The largest absolute Gasteiger partial charge is 0.468 e. The van der Waals surface area contributed by atoms with Crippen LogP contribution in [0.25, 0.3) is 0 Å². The van der Waals surface area contributed by atoms with E-state index < -0.39 is 18.7 Å². The van der Waals surface area contributed by atoms with Gasteiger partial charge in [-0.15, -0.1) is 0 Å². The van der Waals surface area contributed by atoms with Crippen LogP contribution in [-0.2, 0) is 25.9 Å². The molecule has 0 aliphatic rings. The van der Waals surface area contributed by atoms with E-state index in [9.17, 15) is 9.69 Å². The minimum Gasteiger partial charge on any atom is -0.468 e. The number of carbonyl (C=O) groups is 1. The molecule has 0 spiro atoms. The molecule has 2 atom stereocenters. The van der Waals surface area contributed by atoms with Crippen molar-refractivity contribution in [2.75, 3.05) is 25.7 Å². The Morgan fingerprint density at radius 1 is 1.72 bits per heavy atom. The van der Waals surface area contributed by atoms with E-state index in [1.807, 2.05) is 12.3 Å². The molecule has 18 heavy (non-hydrogen) atoms. The Kier molecular flexibility index (Phi) is 9.64. The standard InChI is InChI=1S/C9H17N2O4PS2/c1-14-9(12)8(4-7-18-2)11-16(13,17)15-6-3-5-10/h8H,3-4,6-7H2,1-2H3,(H2,11,13,17)/t8-,16?/m0/s1. The van der Waals surface area contributed by atoms with E-state index in [4.69, 9.17) is 21.6 Å². The van der Waals surface area contributed by atoms with Gasteiger partial charge >= 0.3 is 5.97 Å². The van der Waals surface area contributed by atoms with Gasteiger partial charge in [0.2, 0.25) is 0 Å². The van der Waals surface area contributed by atoms with Crippen LogP contribution in [0.4, 0.5) is 0 Å². The van der Waals surface area contributed by atoms with Gasteiger partial charge in [0.05, 0.1) is 26.2 Å². The molecule has 2 N–H and O–H groups in total. The zero-order valence-corrected chi connectivity index (χ0v) is 12.8. The maximum Gasteiger partial charge on any atom is 0.323 e. The first kappa shape index (κ1) is 17.8. The lowest BCUT2D eigenvalue weighted by molar-refractivity contribution is -0.142. The molecule has 0 aliphatic carbocycles. The van der Waals surface area contributed by atoms with Crippen molar-refractivity contribution in [1.29, 1.82) is 5.26 Å². The van der Waals surface area contributed by atoms with Gasteiger partial charge in [-0.3, -0.25) is 4.79 Å². The van der Waals surface area contributed by atoms with Crippen LogP contribution in [0, 0.1) is 11.3 Å². The molecular formula is C9H17N2O4PS2. The summed E-state index contributed by atoms with van der Waals surface area (Å²) in [6, 6.07) is 1.18. The van der Waals surface area contributed by atoms with Crippen molar-refractivity contribution in [3.63, 3.8) is 0 Å². The fourth-order valence-corrected chi connectivity index (χ4v) is 3.18. The molecule has 0 bridgehead atoms. The van der Waals surface area contributed by atoms with Crippen molar-refractivity contribution < 1.29 is 18.9 Å². The van der Waals surface area contributed by atoms with E-state index in [2.05, 4.69) is 9.82 Å². The van der Waals surface area contributed by atoms with E-state index >= 15 is 0 Å². The van der Waals surface area contributed by atoms with Crippen LogP contribution in [0.3, 0.4) is 0 Å². The minimum absolute atomic E-state index is 0.0354. The molecule has 9 heteroatoms. The lowest BCUT2D eigenvalue weighted by atomic mass is 10.2. The van der Waals surface area contributed by atoms with Crippen molar-refractivity contribution in [3.05, 3.63) is 0 Å². The number of esters is 1. The molecule has 1 unspecified atom stereocenters. The summed E-state index contributed by atoms with van der Waals surface area (Å²) in [5, 5.41) is 11.0. The summed E-state index contributed by atoms with van der Waals surface area (Å²) in [6.45, 7) is -3.23. The number of rotatable bonds is 9. The third-order valence-electron chi connectivity index (χ3n) is 1.90. The number of hydrogen-bond donors (Lipinski definition) is 2. The fraction of sp³-hybridized carbons (Fsp3) is 0.778. The van der Waals surface area contributed by atoms with Crippen molar-refractivity contribution in [3.8, 4) is 6.07 Å². The molecular weight excluding hydrogens is 295 g/mol. The maximum atomic E-state index is 11.5. The average Bonchev–Trinajstić information content (AvgIpc) is 2.33. The van der Waals surface area contributed by atoms with Gasteiger partial charge in [0.1, 0.15) is 6.04 Å². The molecule has 0 aromatic rings. The normalized spacial score (nSPS) is 15.4. The van der Waals surface area contributed by atoms with E-state index in [1.54, 1.807) is 11.8 Å². The van der Waals surface area contributed by atoms with Crippen LogP contribution in [0.1, 0.15) is 12.8 Å². The first-order chi connectivity index (χ1) is 8.46. The Labute approximate surface area is 116 Å². The summed E-state index contributed by atoms with van der Waals surface area (Å²) >= 11 is 6.43. The predicted molar refractivity (Wildman–Crippen MR) is 74.6 cm³/mol. The highest BCUT2D eigenvalue weighted by Crippen LogP contribution is 2.38. The summed E-state index contributed by atoms with van der Waals surface area (Å²) in [7, 11) is 1.27. The zero-order valence-electron chi connectivity index (χ0n) is 10.3. The molecule has 104 valence electrons. The molecule has 0 amide bonds. The smallest absolute Gasteiger partial charge is 0.323 e. The predicted octanol–water partition coefficient (Wildman–Crippen LogP) is 1.02. The van der Waals surface area contributed by atoms with Crippen LogP contribution in [0.5, 0.6) is 0 Å². The maximum absolute atomic E-state index is 11.5. The highest BCUT2D eigenvalue weighted by Gasteiger charge is 2.25. The third-order valence-corrected chi connectivity index (χ3v) is 4.34. The average molecular weight is 312 g/mol. The van der Waals surface area contributed by atoms with E-state index in [-0.39, 0.29) is 13.0 Å². The quantitative estimate of drug-likeness (QED) is 0.370. The Morgan fingerprint density at radius 2 is 2.39 bits per heavy atom. The number of nitrogens with zero attached hydrogens (tertiary/aromatic N) is 1. The highest BCUT2D eigenvalue weighted by molar-refractivity contribution is 8.08. The van der Waals surface area contributed by atoms with Gasteiger partial charge in [0.15, 0.2) is 0 Å². The van der Waals surface area contributed by atoms with E-state index in [0.717, 1.165) is 5.75 Å². The molecule has 0 aliphatic heterocycles. The van der Waals surface area contributed by atoms with Gasteiger partial charge in [-0.2, -0.15) is 17.0 Å². The van der Waals surface area contributed by atoms with Crippen molar-refractivity contribution in [2.45, 2.75) is 18.9 Å². The van der Waals surface area contributed by atoms with Crippen molar-refractivity contribution >= 4 is 36.2 Å². The van der Waals surface area contributed by atoms with Crippen molar-refractivity contribution in [1.82, 2.24) is 5.09 Å². The number of ether oxygens (including phenoxy) is 1. The first-order valence-corrected chi connectivity index (χ1v) is 9.22. The minimum atomic E-state index is -3.26. The number of carbonyl (C=O) groups excluding carboxylic acids is 1. The van der Waals surface area contributed by atoms with Crippen molar-refractivity contribution in [2.24, 2.45) is 0 Å². The van der Waals surface area contributed by atoms with Gasteiger partial charge in [-0.25, -0.2) is 5.09 Å². The lowest BCUT2D eigenvalue weighted by Crippen LogP contribution is -2.36. The highest BCUT2D eigenvalue weighted by atomic mass is 32.5. The number of nitriles is 1. The second-order valence-electron chi connectivity index (χ2n) is 3.25. The van der Waals surface area contributed by atoms with Gasteiger partial charge < -0.3 is 14.2 Å². The molecule has 0 radical (unpaired) electrons. The Morgan fingerprint density at radius 3 is 2.89 bits per heavy atom. The number of thioether (sulfide) groups is 1. The van der Waals surface area contributed by atoms with Gasteiger partial charge in [0.25, 0.3) is 6.64 Å². The topological polar surface area (TPSA) is 91.6 Å². The zero-order chi connectivity index (χ0) is 14.0. The number of nitrogens with one attached hydrogen (secondary N) is 1. The number of methoxy groups -OCH3 is 1. The van der Waals surface area contributed by atoms with Crippen LogP contribution >= 0.6 is 18.4 Å². The summed E-state index contributed by atoms with van der Waals surface area (Å²) in [5.41, 5.74) is 0. The van der Waals surface area contributed by atoms with Crippen LogP contribution in [0.15, 0.2) is 0 Å². The Bertz CT molecular complexity index is 348. The summed E-state index contributed by atoms with van der Waals surface area (Å²) < 4.78 is 9.63.